The second-order valence-corrected chi connectivity index (χ2v) is 2.42. The molecule has 0 heterocycles. The summed E-state index contributed by atoms with van der Waals surface area (Å²) in [5.41, 5.74) is 1.06. The van der Waals surface area contributed by atoms with Crippen LogP contribution in [0.15, 0.2) is 30.3 Å². The van der Waals surface area contributed by atoms with E-state index in [4.69, 9.17) is 2.74 Å². The maximum Gasteiger partial charge on any atom is 0.0270 e. The SMILES string of the molecule is [2H]C([2H])(C)C(C)c1ccccc1. The van der Waals surface area contributed by atoms with Crippen LogP contribution in [0, 0.1) is 0 Å². The lowest BCUT2D eigenvalue weighted by molar-refractivity contribution is 0.733. The zero-order valence-electron chi connectivity index (χ0n) is 8.46. The highest BCUT2D eigenvalue weighted by atomic mass is 14.0. The van der Waals surface area contributed by atoms with E-state index in [0.717, 1.165) is 5.56 Å². The minimum absolute atomic E-state index is 0.0429. The fourth-order valence-electron chi connectivity index (χ4n) is 0.908. The fraction of sp³-hybridized carbons (Fsp3) is 0.400. The van der Waals surface area contributed by atoms with Crippen molar-refractivity contribution < 1.29 is 2.74 Å². The highest BCUT2D eigenvalue weighted by molar-refractivity contribution is 5.18. The van der Waals surface area contributed by atoms with Crippen LogP contribution in [0.5, 0.6) is 0 Å². The molecule has 0 bridgehead atoms. The Bertz CT molecular complexity index is 236. The van der Waals surface area contributed by atoms with E-state index in [2.05, 4.69) is 0 Å². The summed E-state index contributed by atoms with van der Waals surface area (Å²) in [5.74, 6) is -0.0429. The molecule has 10 heavy (non-hydrogen) atoms. The molecule has 0 spiro atoms. The van der Waals surface area contributed by atoms with Gasteiger partial charge in [0.05, 0.1) is 0 Å². The Hall–Kier alpha value is -0.780. The molecule has 0 saturated heterocycles. The van der Waals surface area contributed by atoms with Gasteiger partial charge in [0.15, 0.2) is 0 Å². The summed E-state index contributed by atoms with van der Waals surface area (Å²) < 4.78 is 15.1. The molecule has 1 aromatic carbocycles. The standard InChI is InChI=1S/C10H14/c1-3-9(2)10-7-5-4-6-8-10/h4-9H,3H2,1-2H3/i3D2. The third-order valence-corrected chi connectivity index (χ3v) is 1.73. The molecule has 0 aliphatic heterocycles. The molecule has 0 aromatic heterocycles. The van der Waals surface area contributed by atoms with Crippen LogP contribution in [0.25, 0.3) is 0 Å². The molecule has 1 unspecified atom stereocenters. The van der Waals surface area contributed by atoms with Crippen molar-refractivity contribution >= 4 is 0 Å². The predicted octanol–water partition coefficient (Wildman–Crippen LogP) is 3.20. The van der Waals surface area contributed by atoms with Crippen molar-refractivity contribution in [3.8, 4) is 0 Å². The van der Waals surface area contributed by atoms with Gasteiger partial charge in [0.25, 0.3) is 0 Å². The Labute approximate surface area is 65.7 Å². The molecule has 1 rings (SSSR count). The Morgan fingerprint density at radius 3 is 2.50 bits per heavy atom. The van der Waals surface area contributed by atoms with Gasteiger partial charge in [-0.25, -0.2) is 0 Å². The lowest BCUT2D eigenvalue weighted by Crippen LogP contribution is -1.88. The maximum absolute atomic E-state index is 7.54. The molecule has 0 radical (unpaired) electrons. The van der Waals surface area contributed by atoms with Crippen LogP contribution in [0.1, 0.15) is 34.4 Å². The lowest BCUT2D eigenvalue weighted by atomic mass is 9.99. The van der Waals surface area contributed by atoms with E-state index < -0.39 is 6.37 Å². The van der Waals surface area contributed by atoms with Crippen molar-refractivity contribution in [2.45, 2.75) is 26.1 Å². The molecule has 0 fully saturated rings. The van der Waals surface area contributed by atoms with Crippen LogP contribution in [-0.4, -0.2) is 0 Å². The minimum atomic E-state index is -1.14. The number of hydrogen-bond acceptors (Lipinski definition) is 0. The van der Waals surface area contributed by atoms with E-state index in [1.807, 2.05) is 37.3 Å². The van der Waals surface area contributed by atoms with E-state index in [1.54, 1.807) is 6.92 Å². The van der Waals surface area contributed by atoms with Crippen LogP contribution in [0.2, 0.25) is 0 Å². The van der Waals surface area contributed by atoms with Gasteiger partial charge in [-0.1, -0.05) is 44.2 Å². The van der Waals surface area contributed by atoms with Gasteiger partial charge in [0, 0.05) is 2.74 Å². The molecule has 0 nitrogen and oxygen atoms in total. The smallest absolute Gasteiger partial charge is 0.0270 e. The summed E-state index contributed by atoms with van der Waals surface area (Å²) in [6.45, 7) is 3.53. The Morgan fingerprint density at radius 2 is 2.00 bits per heavy atom. The first-order chi connectivity index (χ1) is 5.52. The van der Waals surface area contributed by atoms with Gasteiger partial charge in [-0.3, -0.25) is 0 Å². The summed E-state index contributed by atoms with van der Waals surface area (Å²) >= 11 is 0. The largest absolute Gasteiger partial charge is 0.0648 e. The summed E-state index contributed by atoms with van der Waals surface area (Å²) in [7, 11) is 0. The van der Waals surface area contributed by atoms with Crippen LogP contribution in [-0.2, 0) is 0 Å². The minimum Gasteiger partial charge on any atom is -0.0648 e. The van der Waals surface area contributed by atoms with Crippen LogP contribution < -0.4 is 0 Å². The summed E-state index contributed by atoms with van der Waals surface area (Å²) in [6, 6.07) is 9.76. The molecule has 0 aliphatic carbocycles. The van der Waals surface area contributed by atoms with E-state index in [-0.39, 0.29) is 5.92 Å². The highest BCUT2D eigenvalue weighted by Gasteiger charge is 1.98. The third-order valence-electron chi connectivity index (χ3n) is 1.73. The van der Waals surface area contributed by atoms with Crippen molar-refractivity contribution in [2.75, 3.05) is 0 Å². The molecule has 1 atom stereocenters. The fourth-order valence-corrected chi connectivity index (χ4v) is 0.908. The molecule has 0 saturated carbocycles. The van der Waals surface area contributed by atoms with Crippen LogP contribution in [0.3, 0.4) is 0 Å². The van der Waals surface area contributed by atoms with Gasteiger partial charge < -0.3 is 0 Å². The quantitative estimate of drug-likeness (QED) is 0.585. The average molecular weight is 136 g/mol. The molecule has 0 amide bonds. The molecule has 0 heteroatoms. The Balaban J connectivity index is 2.86. The zero-order valence-corrected chi connectivity index (χ0v) is 6.46. The first-order valence-electron chi connectivity index (χ1n) is 4.57. The van der Waals surface area contributed by atoms with Crippen molar-refractivity contribution in [1.29, 1.82) is 0 Å². The normalized spacial score (nSPS) is 17.4. The molecule has 0 aliphatic rings. The molecule has 0 N–H and O–H groups in total. The first-order valence-corrected chi connectivity index (χ1v) is 3.57. The van der Waals surface area contributed by atoms with Gasteiger partial charge in [0.2, 0.25) is 0 Å². The number of benzene rings is 1. The maximum atomic E-state index is 7.54. The van der Waals surface area contributed by atoms with Crippen LogP contribution >= 0.6 is 0 Å². The predicted molar refractivity (Wildman–Crippen MR) is 45.1 cm³/mol. The van der Waals surface area contributed by atoms with E-state index in [9.17, 15) is 0 Å². The Morgan fingerprint density at radius 1 is 1.40 bits per heavy atom. The second kappa shape index (κ2) is 3.40. The van der Waals surface area contributed by atoms with E-state index >= 15 is 0 Å². The van der Waals surface area contributed by atoms with Gasteiger partial charge in [-0.2, -0.15) is 0 Å². The number of rotatable bonds is 2. The monoisotopic (exact) mass is 136 g/mol. The van der Waals surface area contributed by atoms with Gasteiger partial charge in [0.1, 0.15) is 0 Å². The third kappa shape index (κ3) is 1.60. The van der Waals surface area contributed by atoms with Gasteiger partial charge >= 0.3 is 0 Å². The van der Waals surface area contributed by atoms with Crippen molar-refractivity contribution in [3.05, 3.63) is 35.9 Å². The van der Waals surface area contributed by atoms with Crippen molar-refractivity contribution in [2.24, 2.45) is 0 Å². The molecular formula is C10H14. The zero-order chi connectivity index (χ0) is 9.19. The molecular weight excluding hydrogens is 120 g/mol. The number of hydrogen-bond donors (Lipinski definition) is 0. The molecule has 54 valence electrons. The van der Waals surface area contributed by atoms with Crippen molar-refractivity contribution in [1.82, 2.24) is 0 Å². The van der Waals surface area contributed by atoms with E-state index in [1.165, 1.54) is 0 Å². The topological polar surface area (TPSA) is 0 Å². The second-order valence-electron chi connectivity index (χ2n) is 2.42. The summed E-state index contributed by atoms with van der Waals surface area (Å²) in [6.07, 6.45) is -1.14. The van der Waals surface area contributed by atoms with E-state index in [0.29, 0.717) is 0 Å². The van der Waals surface area contributed by atoms with Gasteiger partial charge in [-0.15, -0.1) is 0 Å². The average Bonchev–Trinajstić information content (AvgIpc) is 2.03. The summed E-state index contributed by atoms with van der Waals surface area (Å²) in [5, 5.41) is 0. The van der Waals surface area contributed by atoms with Gasteiger partial charge in [-0.05, 0) is 17.9 Å². The summed E-state index contributed by atoms with van der Waals surface area (Å²) in [4.78, 5) is 0. The Kier molecular flexibility index (Phi) is 1.68. The molecule has 1 aromatic rings. The van der Waals surface area contributed by atoms with Crippen molar-refractivity contribution in [3.63, 3.8) is 0 Å². The van der Waals surface area contributed by atoms with Crippen LogP contribution in [0.4, 0.5) is 0 Å². The lowest BCUT2D eigenvalue weighted by Gasteiger charge is -2.06. The first kappa shape index (κ1) is 4.95. The highest BCUT2D eigenvalue weighted by Crippen LogP contribution is 2.16.